The van der Waals surface area contributed by atoms with E-state index in [1.165, 1.54) is 18.2 Å². The molecule has 0 aliphatic heterocycles. The average Bonchev–Trinajstić information content (AvgIpc) is 3.08. The molecular weight excluding hydrogens is 379 g/mol. The van der Waals surface area contributed by atoms with Gasteiger partial charge in [0.1, 0.15) is 5.82 Å². The zero-order valence-corrected chi connectivity index (χ0v) is 16.4. The van der Waals surface area contributed by atoms with Crippen molar-refractivity contribution >= 4 is 23.3 Å². The van der Waals surface area contributed by atoms with Crippen LogP contribution >= 0.6 is 11.6 Å². The number of amides is 1. The zero-order valence-electron chi connectivity index (χ0n) is 15.6. The molecule has 1 N–H and O–H groups in total. The van der Waals surface area contributed by atoms with Crippen LogP contribution in [0.1, 0.15) is 42.4 Å². The van der Waals surface area contributed by atoms with E-state index in [1.807, 2.05) is 20.8 Å². The first-order valence-electron chi connectivity index (χ1n) is 8.57. The van der Waals surface area contributed by atoms with Crippen molar-refractivity contribution in [1.82, 2.24) is 9.78 Å². The third kappa shape index (κ3) is 3.90. The third-order valence-corrected chi connectivity index (χ3v) is 4.45. The number of carbonyl (C=O) groups is 1. The molecule has 0 fully saturated rings. The number of rotatable bonds is 3. The number of hydrogen-bond acceptors (Lipinski definition) is 3. The molecule has 3 aromatic rings. The van der Waals surface area contributed by atoms with Gasteiger partial charge in [0.15, 0.2) is 5.82 Å². The second kappa shape index (κ2) is 7.45. The first-order valence-corrected chi connectivity index (χ1v) is 8.95. The van der Waals surface area contributed by atoms with Gasteiger partial charge in [0.25, 0.3) is 5.91 Å². The third-order valence-electron chi connectivity index (χ3n) is 4.16. The molecule has 0 saturated carbocycles. The van der Waals surface area contributed by atoms with E-state index in [4.69, 9.17) is 16.9 Å². The monoisotopic (exact) mass is 396 g/mol. The van der Waals surface area contributed by atoms with Gasteiger partial charge in [-0.05, 0) is 36.4 Å². The van der Waals surface area contributed by atoms with E-state index in [1.54, 1.807) is 35.0 Å². The van der Waals surface area contributed by atoms with Crippen LogP contribution < -0.4 is 5.32 Å². The Morgan fingerprint density at radius 2 is 1.89 bits per heavy atom. The van der Waals surface area contributed by atoms with Gasteiger partial charge < -0.3 is 5.32 Å². The largest absolute Gasteiger partial charge is 0.306 e. The summed E-state index contributed by atoms with van der Waals surface area (Å²) in [5.74, 6) is -1.02. The van der Waals surface area contributed by atoms with Crippen LogP contribution in [0, 0.1) is 17.1 Å². The van der Waals surface area contributed by atoms with Gasteiger partial charge in [0.05, 0.1) is 33.6 Å². The fourth-order valence-corrected chi connectivity index (χ4v) is 2.75. The summed E-state index contributed by atoms with van der Waals surface area (Å²) in [4.78, 5) is 12.6. The summed E-state index contributed by atoms with van der Waals surface area (Å²) >= 11 is 5.78. The van der Waals surface area contributed by atoms with Crippen LogP contribution in [0.15, 0.2) is 48.5 Å². The summed E-state index contributed by atoms with van der Waals surface area (Å²) in [6.45, 7) is 6.00. The molecule has 0 atom stereocenters. The summed E-state index contributed by atoms with van der Waals surface area (Å²) in [5.41, 5.74) is 1.50. The molecular formula is C21H18ClFN4O. The maximum atomic E-state index is 14.2. The molecule has 0 radical (unpaired) electrons. The fraction of sp³-hybridized carbons (Fsp3) is 0.190. The number of nitrogens with one attached hydrogen (secondary N) is 1. The SMILES string of the molecule is CC(C)(C)c1cc(NC(=O)c2cccc(Cl)c2F)n(-c2ccc(C#N)cc2)n1. The van der Waals surface area contributed by atoms with Crippen LogP contribution in [-0.4, -0.2) is 15.7 Å². The smallest absolute Gasteiger partial charge is 0.259 e. The molecule has 7 heteroatoms. The Bertz CT molecular complexity index is 1080. The summed E-state index contributed by atoms with van der Waals surface area (Å²) in [6, 6.07) is 14.9. The molecule has 0 bridgehead atoms. The molecule has 0 unspecified atom stereocenters. The van der Waals surface area contributed by atoms with Gasteiger partial charge >= 0.3 is 0 Å². The highest BCUT2D eigenvalue weighted by Crippen LogP contribution is 2.27. The maximum Gasteiger partial charge on any atom is 0.259 e. The standard InChI is InChI=1S/C21H18ClFN4O/c1-21(2,3)17-11-18(25-20(28)15-5-4-6-16(22)19(15)23)27(26-17)14-9-7-13(12-24)8-10-14/h4-11H,1-3H3,(H,25,28). The van der Waals surface area contributed by atoms with Crippen molar-refractivity contribution in [2.75, 3.05) is 5.32 Å². The van der Waals surface area contributed by atoms with Crippen LogP contribution in [0.25, 0.3) is 5.69 Å². The second-order valence-corrected chi connectivity index (χ2v) is 7.70. The average molecular weight is 397 g/mol. The Labute approximate surface area is 167 Å². The minimum absolute atomic E-state index is 0.122. The molecule has 0 aliphatic rings. The lowest BCUT2D eigenvalue weighted by Gasteiger charge is -2.14. The summed E-state index contributed by atoms with van der Waals surface area (Å²) in [7, 11) is 0. The molecule has 28 heavy (non-hydrogen) atoms. The van der Waals surface area contributed by atoms with Crippen LogP contribution in [0.5, 0.6) is 0 Å². The van der Waals surface area contributed by atoms with Gasteiger partial charge in [-0.2, -0.15) is 10.4 Å². The van der Waals surface area contributed by atoms with E-state index in [-0.39, 0.29) is 16.0 Å². The molecule has 3 rings (SSSR count). The highest BCUT2D eigenvalue weighted by Gasteiger charge is 2.23. The lowest BCUT2D eigenvalue weighted by Crippen LogP contribution is -2.16. The highest BCUT2D eigenvalue weighted by atomic mass is 35.5. The molecule has 1 heterocycles. The second-order valence-electron chi connectivity index (χ2n) is 7.29. The summed E-state index contributed by atoms with van der Waals surface area (Å²) < 4.78 is 15.8. The molecule has 1 aromatic heterocycles. The number of benzene rings is 2. The molecule has 1 amide bonds. The lowest BCUT2D eigenvalue weighted by molar-refractivity contribution is 0.102. The molecule has 2 aromatic carbocycles. The molecule has 0 saturated heterocycles. The van der Waals surface area contributed by atoms with Crippen molar-refractivity contribution in [2.24, 2.45) is 0 Å². The Kier molecular flexibility index (Phi) is 5.21. The van der Waals surface area contributed by atoms with Crippen molar-refractivity contribution in [3.05, 3.63) is 76.2 Å². The minimum Gasteiger partial charge on any atom is -0.306 e. The number of aromatic nitrogens is 2. The topological polar surface area (TPSA) is 70.7 Å². The number of nitriles is 1. The van der Waals surface area contributed by atoms with Crippen molar-refractivity contribution < 1.29 is 9.18 Å². The molecule has 0 aliphatic carbocycles. The first kappa shape index (κ1) is 19.6. The minimum atomic E-state index is -0.776. The number of hydrogen-bond donors (Lipinski definition) is 1. The van der Waals surface area contributed by atoms with E-state index >= 15 is 0 Å². The molecule has 142 valence electrons. The predicted molar refractivity (Wildman–Crippen MR) is 106 cm³/mol. The van der Waals surface area contributed by atoms with Gasteiger partial charge in [-0.25, -0.2) is 9.07 Å². The molecule has 5 nitrogen and oxygen atoms in total. The highest BCUT2D eigenvalue weighted by molar-refractivity contribution is 6.31. The quantitative estimate of drug-likeness (QED) is 0.670. The number of anilines is 1. The van der Waals surface area contributed by atoms with E-state index in [0.29, 0.717) is 17.1 Å². The maximum absolute atomic E-state index is 14.2. The van der Waals surface area contributed by atoms with Gasteiger partial charge in [0, 0.05) is 11.5 Å². The molecule has 0 spiro atoms. The van der Waals surface area contributed by atoms with Crippen molar-refractivity contribution in [3.63, 3.8) is 0 Å². The van der Waals surface area contributed by atoms with Crippen LogP contribution in [0.4, 0.5) is 10.2 Å². The predicted octanol–water partition coefficient (Wildman–Crippen LogP) is 5.09. The Morgan fingerprint density at radius 1 is 1.21 bits per heavy atom. The van der Waals surface area contributed by atoms with E-state index in [9.17, 15) is 9.18 Å². The van der Waals surface area contributed by atoms with Crippen molar-refractivity contribution in [2.45, 2.75) is 26.2 Å². The van der Waals surface area contributed by atoms with Gasteiger partial charge in [-0.1, -0.05) is 38.4 Å². The summed E-state index contributed by atoms with van der Waals surface area (Å²) in [6.07, 6.45) is 0. The first-order chi connectivity index (χ1) is 13.2. The Morgan fingerprint density at radius 3 is 2.50 bits per heavy atom. The van der Waals surface area contributed by atoms with Gasteiger partial charge in [-0.3, -0.25) is 4.79 Å². The Balaban J connectivity index is 2.03. The van der Waals surface area contributed by atoms with E-state index < -0.39 is 11.7 Å². The number of carbonyl (C=O) groups excluding carboxylic acids is 1. The zero-order chi connectivity index (χ0) is 20.5. The van der Waals surface area contributed by atoms with Gasteiger partial charge in [0.2, 0.25) is 0 Å². The van der Waals surface area contributed by atoms with Gasteiger partial charge in [-0.15, -0.1) is 0 Å². The lowest BCUT2D eigenvalue weighted by atomic mass is 9.92. The van der Waals surface area contributed by atoms with E-state index in [0.717, 1.165) is 5.69 Å². The Hall–Kier alpha value is -3.17. The van der Waals surface area contributed by atoms with Crippen LogP contribution in [-0.2, 0) is 5.41 Å². The number of nitrogens with zero attached hydrogens (tertiary/aromatic N) is 3. The van der Waals surface area contributed by atoms with Crippen LogP contribution in [0.3, 0.4) is 0 Å². The van der Waals surface area contributed by atoms with Crippen molar-refractivity contribution in [3.8, 4) is 11.8 Å². The van der Waals surface area contributed by atoms with Crippen molar-refractivity contribution in [1.29, 1.82) is 5.26 Å². The fourth-order valence-electron chi connectivity index (χ4n) is 2.57. The number of halogens is 2. The normalized spacial score (nSPS) is 11.1. The summed E-state index contributed by atoms with van der Waals surface area (Å²) in [5, 5.41) is 16.2. The van der Waals surface area contributed by atoms with Crippen LogP contribution in [0.2, 0.25) is 5.02 Å². The van der Waals surface area contributed by atoms with E-state index in [2.05, 4.69) is 16.5 Å².